The first-order valence-electron chi connectivity index (χ1n) is 8.44. The Hall–Kier alpha value is -0.650. The number of ether oxygens (including phenoxy) is 1. The van der Waals surface area contributed by atoms with Gasteiger partial charge >= 0.3 is 0 Å². The predicted octanol–water partition coefficient (Wildman–Crippen LogP) is 0.899. The number of piperidine rings is 1. The third-order valence-electron chi connectivity index (χ3n) is 4.73. The van der Waals surface area contributed by atoms with Gasteiger partial charge in [-0.1, -0.05) is 6.92 Å². The van der Waals surface area contributed by atoms with Gasteiger partial charge in [0.25, 0.3) is 0 Å². The standard InChI is InChI=1S/C16H31N3O2/c1-3-6-18-9-10-19(16(20)14-18)13-15-4-7-17(8-5-15)11-12-21-2/h15H,3-14H2,1-2H3. The molecule has 2 fully saturated rings. The van der Waals surface area contributed by atoms with Gasteiger partial charge in [0.2, 0.25) is 5.91 Å². The molecule has 0 saturated carbocycles. The second-order valence-electron chi connectivity index (χ2n) is 6.39. The number of rotatable bonds is 7. The third-order valence-corrected chi connectivity index (χ3v) is 4.73. The van der Waals surface area contributed by atoms with Crippen LogP contribution in [0.3, 0.4) is 0 Å². The topological polar surface area (TPSA) is 36.0 Å². The minimum absolute atomic E-state index is 0.330. The van der Waals surface area contributed by atoms with Crippen LogP contribution in [0, 0.1) is 5.92 Å². The van der Waals surface area contributed by atoms with Gasteiger partial charge in [-0.25, -0.2) is 0 Å². The summed E-state index contributed by atoms with van der Waals surface area (Å²) < 4.78 is 5.14. The zero-order valence-corrected chi connectivity index (χ0v) is 13.7. The summed E-state index contributed by atoms with van der Waals surface area (Å²) >= 11 is 0. The van der Waals surface area contributed by atoms with Crippen molar-refractivity contribution in [2.24, 2.45) is 5.92 Å². The maximum absolute atomic E-state index is 12.2. The Kier molecular flexibility index (Phi) is 6.93. The Morgan fingerprint density at radius 1 is 1.10 bits per heavy atom. The van der Waals surface area contributed by atoms with Crippen molar-refractivity contribution in [3.05, 3.63) is 0 Å². The molecule has 2 saturated heterocycles. The van der Waals surface area contributed by atoms with E-state index >= 15 is 0 Å². The molecule has 0 aliphatic carbocycles. The highest BCUT2D eigenvalue weighted by molar-refractivity contribution is 5.79. The highest BCUT2D eigenvalue weighted by atomic mass is 16.5. The fourth-order valence-electron chi connectivity index (χ4n) is 3.38. The molecule has 0 spiro atoms. The third kappa shape index (κ3) is 5.24. The van der Waals surface area contributed by atoms with Gasteiger partial charge in [-0.2, -0.15) is 0 Å². The Morgan fingerprint density at radius 3 is 2.48 bits per heavy atom. The van der Waals surface area contributed by atoms with Gasteiger partial charge < -0.3 is 14.5 Å². The highest BCUT2D eigenvalue weighted by Gasteiger charge is 2.27. The molecule has 2 heterocycles. The molecule has 122 valence electrons. The number of nitrogens with zero attached hydrogens (tertiary/aromatic N) is 3. The van der Waals surface area contributed by atoms with Gasteiger partial charge in [-0.05, 0) is 44.8 Å². The number of amides is 1. The number of carbonyl (C=O) groups excluding carboxylic acids is 1. The van der Waals surface area contributed by atoms with Gasteiger partial charge in [0.15, 0.2) is 0 Å². The quantitative estimate of drug-likeness (QED) is 0.699. The molecule has 0 radical (unpaired) electrons. The summed E-state index contributed by atoms with van der Waals surface area (Å²) in [5, 5.41) is 0. The van der Waals surface area contributed by atoms with Crippen LogP contribution in [0.4, 0.5) is 0 Å². The molecule has 5 nitrogen and oxygen atoms in total. The van der Waals surface area contributed by atoms with E-state index in [4.69, 9.17) is 4.74 Å². The van der Waals surface area contributed by atoms with Crippen molar-refractivity contribution in [2.75, 3.05) is 66.1 Å². The van der Waals surface area contributed by atoms with Crippen LogP contribution in [0.1, 0.15) is 26.2 Å². The summed E-state index contributed by atoms with van der Waals surface area (Å²) in [6.45, 7) is 11.0. The summed E-state index contributed by atoms with van der Waals surface area (Å²) in [5.41, 5.74) is 0. The first-order valence-corrected chi connectivity index (χ1v) is 8.44. The molecule has 1 amide bonds. The van der Waals surface area contributed by atoms with Crippen LogP contribution < -0.4 is 0 Å². The number of hydrogen-bond acceptors (Lipinski definition) is 4. The van der Waals surface area contributed by atoms with Crippen LogP contribution in [-0.2, 0) is 9.53 Å². The van der Waals surface area contributed by atoms with Crippen molar-refractivity contribution < 1.29 is 9.53 Å². The molecule has 0 N–H and O–H groups in total. The SMILES string of the molecule is CCCN1CCN(CC2CCN(CCOC)CC2)C(=O)C1. The number of hydrogen-bond donors (Lipinski definition) is 0. The van der Waals surface area contributed by atoms with Gasteiger partial charge in [0, 0.05) is 33.3 Å². The average Bonchev–Trinajstić information content (AvgIpc) is 2.49. The number of methoxy groups -OCH3 is 1. The van der Waals surface area contributed by atoms with Crippen molar-refractivity contribution in [3.8, 4) is 0 Å². The molecule has 0 aromatic heterocycles. The van der Waals surface area contributed by atoms with E-state index in [0.29, 0.717) is 18.4 Å². The van der Waals surface area contributed by atoms with E-state index in [-0.39, 0.29) is 0 Å². The zero-order chi connectivity index (χ0) is 15.1. The number of piperazine rings is 1. The Labute approximate surface area is 129 Å². The lowest BCUT2D eigenvalue weighted by Gasteiger charge is -2.38. The Bertz CT molecular complexity index is 317. The molecule has 2 aliphatic rings. The Balaban J connectivity index is 1.68. The number of carbonyl (C=O) groups is 1. The average molecular weight is 297 g/mol. The van der Waals surface area contributed by atoms with Gasteiger partial charge in [0.05, 0.1) is 13.2 Å². The zero-order valence-electron chi connectivity index (χ0n) is 13.7. The lowest BCUT2D eigenvalue weighted by Crippen LogP contribution is -2.52. The van der Waals surface area contributed by atoms with Crippen LogP contribution in [0.2, 0.25) is 0 Å². The van der Waals surface area contributed by atoms with Crippen LogP contribution >= 0.6 is 0 Å². The van der Waals surface area contributed by atoms with Crippen LogP contribution in [0.25, 0.3) is 0 Å². The van der Waals surface area contributed by atoms with Crippen LogP contribution in [0.15, 0.2) is 0 Å². The van der Waals surface area contributed by atoms with E-state index in [2.05, 4.69) is 21.6 Å². The van der Waals surface area contributed by atoms with E-state index in [9.17, 15) is 4.79 Å². The van der Waals surface area contributed by atoms with Gasteiger partial charge in [-0.15, -0.1) is 0 Å². The molecule has 0 unspecified atom stereocenters. The molecule has 2 rings (SSSR count). The predicted molar refractivity (Wildman–Crippen MR) is 84.4 cm³/mol. The van der Waals surface area contributed by atoms with Crippen molar-refractivity contribution in [3.63, 3.8) is 0 Å². The molecule has 5 heteroatoms. The molecular formula is C16H31N3O2. The molecular weight excluding hydrogens is 266 g/mol. The lowest BCUT2D eigenvalue weighted by molar-refractivity contribution is -0.137. The van der Waals surface area contributed by atoms with E-state index < -0.39 is 0 Å². The fraction of sp³-hybridized carbons (Fsp3) is 0.938. The van der Waals surface area contributed by atoms with Crippen LogP contribution in [-0.4, -0.2) is 86.7 Å². The monoisotopic (exact) mass is 297 g/mol. The van der Waals surface area contributed by atoms with E-state index in [1.54, 1.807) is 7.11 Å². The molecule has 0 aromatic carbocycles. The molecule has 2 aliphatic heterocycles. The van der Waals surface area contributed by atoms with Crippen molar-refractivity contribution in [1.82, 2.24) is 14.7 Å². The molecule has 0 atom stereocenters. The van der Waals surface area contributed by atoms with E-state index in [1.807, 2.05) is 0 Å². The van der Waals surface area contributed by atoms with Crippen molar-refractivity contribution in [1.29, 1.82) is 0 Å². The molecule has 21 heavy (non-hydrogen) atoms. The highest BCUT2D eigenvalue weighted by Crippen LogP contribution is 2.19. The summed E-state index contributed by atoms with van der Waals surface area (Å²) in [4.78, 5) is 19.1. The van der Waals surface area contributed by atoms with E-state index in [1.165, 1.54) is 12.8 Å². The molecule has 0 aromatic rings. The summed E-state index contributed by atoms with van der Waals surface area (Å²) in [6.07, 6.45) is 3.56. The first kappa shape index (κ1) is 16.7. The minimum Gasteiger partial charge on any atom is -0.383 e. The van der Waals surface area contributed by atoms with E-state index in [0.717, 1.165) is 58.8 Å². The molecule has 0 bridgehead atoms. The van der Waals surface area contributed by atoms with Gasteiger partial charge in [0.1, 0.15) is 0 Å². The second-order valence-corrected chi connectivity index (χ2v) is 6.39. The minimum atomic E-state index is 0.330. The summed E-state index contributed by atoms with van der Waals surface area (Å²) in [7, 11) is 1.76. The summed E-state index contributed by atoms with van der Waals surface area (Å²) in [6, 6.07) is 0. The Morgan fingerprint density at radius 2 is 1.86 bits per heavy atom. The lowest BCUT2D eigenvalue weighted by atomic mass is 9.96. The second kappa shape index (κ2) is 8.71. The van der Waals surface area contributed by atoms with Gasteiger partial charge in [-0.3, -0.25) is 9.69 Å². The van der Waals surface area contributed by atoms with Crippen molar-refractivity contribution >= 4 is 5.91 Å². The maximum Gasteiger partial charge on any atom is 0.236 e. The van der Waals surface area contributed by atoms with Crippen LogP contribution in [0.5, 0.6) is 0 Å². The smallest absolute Gasteiger partial charge is 0.236 e. The van der Waals surface area contributed by atoms with Crippen molar-refractivity contribution in [2.45, 2.75) is 26.2 Å². The normalized spacial score (nSPS) is 23.0. The first-order chi connectivity index (χ1) is 10.2. The fourth-order valence-corrected chi connectivity index (χ4v) is 3.38. The largest absolute Gasteiger partial charge is 0.383 e. The number of likely N-dealkylation sites (tertiary alicyclic amines) is 1. The summed E-state index contributed by atoms with van der Waals surface area (Å²) in [5.74, 6) is 1.02. The maximum atomic E-state index is 12.2.